The summed E-state index contributed by atoms with van der Waals surface area (Å²) in [7, 11) is 0. The highest BCUT2D eigenvalue weighted by atomic mass is 16.5. The molecule has 1 atom stereocenters. The van der Waals surface area contributed by atoms with Gasteiger partial charge < -0.3 is 10.3 Å². The Bertz CT molecular complexity index is 517. The Labute approximate surface area is 102 Å². The number of benzene rings is 1. The molecular weight excluding hydrogens is 212 g/mol. The lowest BCUT2D eigenvalue weighted by Crippen LogP contribution is -2.06. The second-order valence-corrected chi connectivity index (χ2v) is 4.45. The summed E-state index contributed by atoms with van der Waals surface area (Å²) < 4.78 is 5.29. The SMILES string of the molecule is CCC(N)c1cc(-c2cc(C)ccc2C)no1. The lowest BCUT2D eigenvalue weighted by Gasteiger charge is -2.03. The first-order valence-corrected chi connectivity index (χ1v) is 5.91. The smallest absolute Gasteiger partial charge is 0.154 e. The van der Waals surface area contributed by atoms with Gasteiger partial charge in [-0.25, -0.2) is 0 Å². The third-order valence-corrected chi connectivity index (χ3v) is 3.00. The number of aromatic nitrogens is 1. The molecule has 1 aromatic heterocycles. The van der Waals surface area contributed by atoms with Crippen LogP contribution in [0.15, 0.2) is 28.8 Å². The molecular formula is C14H18N2O. The molecule has 0 aliphatic rings. The zero-order chi connectivity index (χ0) is 12.4. The lowest BCUT2D eigenvalue weighted by molar-refractivity contribution is 0.360. The predicted octanol–water partition coefficient (Wildman–Crippen LogP) is 3.37. The van der Waals surface area contributed by atoms with Crippen LogP contribution in [0.25, 0.3) is 11.3 Å². The summed E-state index contributed by atoms with van der Waals surface area (Å²) in [5, 5.41) is 4.10. The molecule has 0 fully saturated rings. The lowest BCUT2D eigenvalue weighted by atomic mass is 10.0. The van der Waals surface area contributed by atoms with Crippen molar-refractivity contribution in [1.29, 1.82) is 0 Å². The summed E-state index contributed by atoms with van der Waals surface area (Å²) in [6.45, 7) is 6.18. The van der Waals surface area contributed by atoms with Gasteiger partial charge in [-0.15, -0.1) is 0 Å². The van der Waals surface area contributed by atoms with E-state index in [0.717, 1.165) is 23.4 Å². The molecule has 17 heavy (non-hydrogen) atoms. The molecule has 0 aliphatic heterocycles. The van der Waals surface area contributed by atoms with Gasteiger partial charge >= 0.3 is 0 Å². The Kier molecular flexibility index (Phi) is 3.29. The Balaban J connectivity index is 2.40. The van der Waals surface area contributed by atoms with Gasteiger partial charge in [0.15, 0.2) is 5.76 Å². The topological polar surface area (TPSA) is 52.0 Å². The molecule has 0 aliphatic carbocycles. The molecule has 0 saturated carbocycles. The van der Waals surface area contributed by atoms with Gasteiger partial charge in [0, 0.05) is 11.6 Å². The van der Waals surface area contributed by atoms with Crippen LogP contribution in [0.1, 0.15) is 36.3 Å². The summed E-state index contributed by atoms with van der Waals surface area (Å²) in [6, 6.07) is 8.18. The zero-order valence-electron chi connectivity index (χ0n) is 10.5. The van der Waals surface area contributed by atoms with Crippen molar-refractivity contribution in [3.05, 3.63) is 41.2 Å². The Morgan fingerprint density at radius 2 is 2.06 bits per heavy atom. The van der Waals surface area contributed by atoms with Crippen molar-refractivity contribution in [2.75, 3.05) is 0 Å². The van der Waals surface area contributed by atoms with Crippen molar-refractivity contribution in [2.24, 2.45) is 5.73 Å². The van der Waals surface area contributed by atoms with Crippen molar-refractivity contribution < 1.29 is 4.52 Å². The second kappa shape index (κ2) is 4.72. The van der Waals surface area contributed by atoms with Crippen LogP contribution in [0.4, 0.5) is 0 Å². The molecule has 0 amide bonds. The highest BCUT2D eigenvalue weighted by Gasteiger charge is 2.13. The molecule has 1 aromatic carbocycles. The first kappa shape index (κ1) is 11.9. The maximum absolute atomic E-state index is 5.92. The van der Waals surface area contributed by atoms with E-state index >= 15 is 0 Å². The molecule has 0 radical (unpaired) electrons. The quantitative estimate of drug-likeness (QED) is 0.879. The van der Waals surface area contributed by atoms with E-state index in [-0.39, 0.29) is 6.04 Å². The van der Waals surface area contributed by atoms with Gasteiger partial charge in [0.1, 0.15) is 5.69 Å². The fourth-order valence-corrected chi connectivity index (χ4v) is 1.80. The minimum Gasteiger partial charge on any atom is -0.359 e. The number of hydrogen-bond acceptors (Lipinski definition) is 3. The van der Waals surface area contributed by atoms with Gasteiger partial charge in [0.2, 0.25) is 0 Å². The van der Waals surface area contributed by atoms with E-state index in [1.54, 1.807) is 0 Å². The molecule has 1 heterocycles. The van der Waals surface area contributed by atoms with Crippen molar-refractivity contribution >= 4 is 0 Å². The monoisotopic (exact) mass is 230 g/mol. The molecule has 0 bridgehead atoms. The number of rotatable bonds is 3. The fourth-order valence-electron chi connectivity index (χ4n) is 1.80. The Morgan fingerprint density at radius 1 is 1.29 bits per heavy atom. The minimum absolute atomic E-state index is 0.0682. The Morgan fingerprint density at radius 3 is 2.76 bits per heavy atom. The average molecular weight is 230 g/mol. The van der Waals surface area contributed by atoms with E-state index in [1.807, 2.05) is 13.0 Å². The molecule has 2 N–H and O–H groups in total. The van der Waals surface area contributed by atoms with Gasteiger partial charge in [-0.3, -0.25) is 0 Å². The van der Waals surface area contributed by atoms with Crippen LogP contribution in [-0.2, 0) is 0 Å². The third-order valence-electron chi connectivity index (χ3n) is 3.00. The van der Waals surface area contributed by atoms with Crippen molar-refractivity contribution in [2.45, 2.75) is 33.2 Å². The first-order valence-electron chi connectivity index (χ1n) is 5.91. The number of aryl methyl sites for hydroxylation is 2. The van der Waals surface area contributed by atoms with Crippen molar-refractivity contribution in [1.82, 2.24) is 5.16 Å². The van der Waals surface area contributed by atoms with Crippen LogP contribution >= 0.6 is 0 Å². The summed E-state index contributed by atoms with van der Waals surface area (Å²) in [6.07, 6.45) is 0.849. The second-order valence-electron chi connectivity index (χ2n) is 4.45. The number of hydrogen-bond donors (Lipinski definition) is 1. The van der Waals surface area contributed by atoms with Gasteiger partial charge in [-0.1, -0.05) is 29.8 Å². The van der Waals surface area contributed by atoms with E-state index in [2.05, 4.69) is 37.2 Å². The standard InChI is InChI=1S/C14H18N2O/c1-4-12(15)14-8-13(16-17-14)11-7-9(2)5-6-10(11)3/h5-8,12H,4,15H2,1-3H3. The minimum atomic E-state index is -0.0682. The molecule has 2 rings (SSSR count). The highest BCUT2D eigenvalue weighted by molar-refractivity contribution is 5.64. The molecule has 2 aromatic rings. The molecule has 3 nitrogen and oxygen atoms in total. The maximum atomic E-state index is 5.92. The molecule has 0 spiro atoms. The van der Waals surface area contributed by atoms with E-state index in [9.17, 15) is 0 Å². The number of nitrogens with two attached hydrogens (primary N) is 1. The van der Waals surface area contributed by atoms with Crippen molar-refractivity contribution in [3.8, 4) is 11.3 Å². The van der Waals surface area contributed by atoms with Crippen LogP contribution in [0, 0.1) is 13.8 Å². The summed E-state index contributed by atoms with van der Waals surface area (Å²) in [4.78, 5) is 0. The van der Waals surface area contributed by atoms with Crippen LogP contribution in [-0.4, -0.2) is 5.16 Å². The summed E-state index contributed by atoms with van der Waals surface area (Å²) >= 11 is 0. The molecule has 1 unspecified atom stereocenters. The van der Waals surface area contributed by atoms with Gasteiger partial charge in [-0.05, 0) is 31.9 Å². The summed E-state index contributed by atoms with van der Waals surface area (Å²) in [5.74, 6) is 0.753. The predicted molar refractivity (Wildman–Crippen MR) is 68.6 cm³/mol. The normalized spacial score (nSPS) is 12.7. The van der Waals surface area contributed by atoms with Crippen LogP contribution < -0.4 is 5.73 Å². The highest BCUT2D eigenvalue weighted by Crippen LogP contribution is 2.26. The van der Waals surface area contributed by atoms with Gasteiger partial charge in [0.05, 0.1) is 6.04 Å². The largest absolute Gasteiger partial charge is 0.359 e. The van der Waals surface area contributed by atoms with E-state index < -0.39 is 0 Å². The first-order chi connectivity index (χ1) is 8.11. The average Bonchev–Trinajstić information content (AvgIpc) is 2.80. The van der Waals surface area contributed by atoms with Gasteiger partial charge in [-0.2, -0.15) is 0 Å². The van der Waals surface area contributed by atoms with E-state index in [1.165, 1.54) is 11.1 Å². The number of nitrogens with zero attached hydrogens (tertiary/aromatic N) is 1. The van der Waals surface area contributed by atoms with Crippen LogP contribution in [0.5, 0.6) is 0 Å². The van der Waals surface area contributed by atoms with E-state index in [4.69, 9.17) is 10.3 Å². The Hall–Kier alpha value is -1.61. The third kappa shape index (κ3) is 2.39. The fraction of sp³-hybridized carbons (Fsp3) is 0.357. The van der Waals surface area contributed by atoms with E-state index in [0.29, 0.717) is 0 Å². The van der Waals surface area contributed by atoms with Crippen LogP contribution in [0.3, 0.4) is 0 Å². The summed E-state index contributed by atoms with van der Waals surface area (Å²) in [5.41, 5.74) is 10.3. The zero-order valence-corrected chi connectivity index (χ0v) is 10.5. The van der Waals surface area contributed by atoms with Gasteiger partial charge in [0.25, 0.3) is 0 Å². The maximum Gasteiger partial charge on any atom is 0.154 e. The van der Waals surface area contributed by atoms with Crippen LogP contribution in [0.2, 0.25) is 0 Å². The van der Waals surface area contributed by atoms with Crippen molar-refractivity contribution in [3.63, 3.8) is 0 Å². The molecule has 90 valence electrons. The molecule has 0 saturated heterocycles. The molecule has 3 heteroatoms.